The molecule has 1 atom stereocenters. The number of ether oxygens (including phenoxy) is 1. The van der Waals surface area contributed by atoms with Crippen LogP contribution in [-0.2, 0) is 4.74 Å². The number of anilines is 1. The molecule has 0 bridgehead atoms. The molecule has 1 aromatic carbocycles. The quantitative estimate of drug-likeness (QED) is 0.939. The van der Waals surface area contributed by atoms with E-state index in [0.717, 1.165) is 47.6 Å². The molecule has 6 nitrogen and oxygen atoms in total. The zero-order valence-electron chi connectivity index (χ0n) is 14.5. The van der Waals surface area contributed by atoms with Crippen LogP contribution in [0.3, 0.4) is 0 Å². The molecule has 128 valence electrons. The Balaban J connectivity index is 1.67. The minimum atomic E-state index is -0.139. The summed E-state index contributed by atoms with van der Waals surface area (Å²) in [7, 11) is 1.79. The fourth-order valence-corrected chi connectivity index (χ4v) is 2.87. The third-order valence-electron chi connectivity index (χ3n) is 4.42. The van der Waals surface area contributed by atoms with E-state index < -0.39 is 0 Å². The van der Waals surface area contributed by atoms with Crippen LogP contribution in [0, 0.1) is 13.8 Å². The highest BCUT2D eigenvalue weighted by Crippen LogP contribution is 2.18. The number of benzene rings is 1. The van der Waals surface area contributed by atoms with E-state index in [4.69, 9.17) is 4.74 Å². The average molecular weight is 328 g/mol. The lowest BCUT2D eigenvalue weighted by Gasteiger charge is -2.27. The normalized spacial score (nSPS) is 17.7. The van der Waals surface area contributed by atoms with Gasteiger partial charge in [0, 0.05) is 25.9 Å². The van der Waals surface area contributed by atoms with Gasteiger partial charge in [-0.1, -0.05) is 0 Å². The fraction of sp³-hybridized carbons (Fsp3) is 0.500. The van der Waals surface area contributed by atoms with Crippen LogP contribution in [0.15, 0.2) is 18.2 Å². The van der Waals surface area contributed by atoms with E-state index in [2.05, 4.69) is 15.3 Å². The molecule has 1 fully saturated rings. The molecule has 6 heteroatoms. The number of nitrogens with one attached hydrogen (secondary N) is 1. The van der Waals surface area contributed by atoms with Crippen LogP contribution in [0.4, 0.5) is 10.5 Å². The van der Waals surface area contributed by atoms with Gasteiger partial charge in [-0.05, 0) is 51.3 Å². The van der Waals surface area contributed by atoms with Crippen molar-refractivity contribution in [1.82, 2.24) is 14.9 Å². The lowest BCUT2D eigenvalue weighted by Crippen LogP contribution is -2.39. The number of nitrogens with zero attached hydrogens (tertiary/aromatic N) is 3. The van der Waals surface area contributed by atoms with Crippen molar-refractivity contribution in [1.29, 1.82) is 0 Å². The van der Waals surface area contributed by atoms with Crippen molar-refractivity contribution in [3.05, 3.63) is 29.6 Å². The molecule has 0 saturated carbocycles. The Bertz CT molecular complexity index is 741. The number of rotatable bonds is 3. The van der Waals surface area contributed by atoms with Crippen molar-refractivity contribution >= 4 is 22.8 Å². The van der Waals surface area contributed by atoms with Gasteiger partial charge in [-0.25, -0.2) is 14.8 Å². The highest BCUT2D eigenvalue weighted by atomic mass is 16.5. The van der Waals surface area contributed by atoms with Crippen LogP contribution in [-0.4, -0.2) is 47.2 Å². The lowest BCUT2D eigenvalue weighted by molar-refractivity contribution is 0.00463. The molecule has 1 aliphatic rings. The van der Waals surface area contributed by atoms with Crippen molar-refractivity contribution in [3.8, 4) is 0 Å². The highest BCUT2D eigenvalue weighted by molar-refractivity contribution is 5.91. The number of hydrogen-bond acceptors (Lipinski definition) is 4. The second kappa shape index (κ2) is 7.13. The summed E-state index contributed by atoms with van der Waals surface area (Å²) < 4.78 is 5.69. The second-order valence-electron chi connectivity index (χ2n) is 6.40. The number of fused-ring (bicyclic) bond motifs is 1. The fourth-order valence-electron chi connectivity index (χ4n) is 2.87. The summed E-state index contributed by atoms with van der Waals surface area (Å²) in [6, 6.07) is 5.46. The minimum absolute atomic E-state index is 0.139. The molecule has 1 saturated heterocycles. The van der Waals surface area contributed by atoms with Gasteiger partial charge >= 0.3 is 6.03 Å². The van der Waals surface area contributed by atoms with Crippen LogP contribution < -0.4 is 5.32 Å². The largest absolute Gasteiger partial charge is 0.376 e. The topological polar surface area (TPSA) is 67.4 Å². The Morgan fingerprint density at radius 1 is 1.25 bits per heavy atom. The van der Waals surface area contributed by atoms with Crippen LogP contribution >= 0.6 is 0 Å². The first kappa shape index (κ1) is 16.6. The summed E-state index contributed by atoms with van der Waals surface area (Å²) in [6.45, 7) is 5.28. The molecule has 1 N–H and O–H groups in total. The van der Waals surface area contributed by atoms with E-state index in [1.807, 2.05) is 32.0 Å². The first-order valence-corrected chi connectivity index (χ1v) is 8.41. The Hall–Kier alpha value is -2.21. The van der Waals surface area contributed by atoms with Crippen molar-refractivity contribution in [2.45, 2.75) is 39.2 Å². The SMILES string of the molecule is Cc1nc2ccc(NC(=O)N(C)C[C@@H]3CCCCO3)cc2nc1C. The van der Waals surface area contributed by atoms with Gasteiger partial charge in [0.25, 0.3) is 0 Å². The predicted molar refractivity (Wildman–Crippen MR) is 94.3 cm³/mol. The van der Waals surface area contributed by atoms with E-state index in [1.165, 1.54) is 6.42 Å². The summed E-state index contributed by atoms with van der Waals surface area (Å²) >= 11 is 0. The minimum Gasteiger partial charge on any atom is -0.376 e. The zero-order chi connectivity index (χ0) is 17.1. The van der Waals surface area contributed by atoms with Crippen molar-refractivity contribution in [3.63, 3.8) is 0 Å². The molecule has 1 aliphatic heterocycles. The van der Waals surface area contributed by atoms with Crippen LogP contribution in [0.25, 0.3) is 11.0 Å². The third kappa shape index (κ3) is 3.82. The summed E-state index contributed by atoms with van der Waals surface area (Å²) in [6.07, 6.45) is 3.44. The monoisotopic (exact) mass is 328 g/mol. The lowest BCUT2D eigenvalue weighted by atomic mass is 10.1. The maximum atomic E-state index is 12.4. The highest BCUT2D eigenvalue weighted by Gasteiger charge is 2.19. The number of urea groups is 1. The molecule has 2 amide bonds. The predicted octanol–water partition coefficient (Wildman–Crippen LogP) is 3.28. The third-order valence-corrected chi connectivity index (χ3v) is 4.42. The van der Waals surface area contributed by atoms with Gasteiger partial charge in [-0.3, -0.25) is 0 Å². The van der Waals surface area contributed by atoms with Crippen LogP contribution in [0.5, 0.6) is 0 Å². The summed E-state index contributed by atoms with van der Waals surface area (Å²) in [5.41, 5.74) is 4.17. The first-order chi connectivity index (χ1) is 11.5. The molecule has 0 aliphatic carbocycles. The summed E-state index contributed by atoms with van der Waals surface area (Å²) in [5.74, 6) is 0. The van der Waals surface area contributed by atoms with Crippen LogP contribution in [0.2, 0.25) is 0 Å². The van der Waals surface area contributed by atoms with Crippen LogP contribution in [0.1, 0.15) is 30.7 Å². The number of hydrogen-bond donors (Lipinski definition) is 1. The van der Waals surface area contributed by atoms with Gasteiger partial charge in [-0.15, -0.1) is 0 Å². The molecule has 24 heavy (non-hydrogen) atoms. The van der Waals surface area contributed by atoms with Gasteiger partial charge in [0.05, 0.1) is 28.5 Å². The van der Waals surface area contributed by atoms with E-state index >= 15 is 0 Å². The second-order valence-corrected chi connectivity index (χ2v) is 6.40. The maximum Gasteiger partial charge on any atom is 0.321 e. The molecule has 3 rings (SSSR count). The van der Waals surface area contributed by atoms with Crippen molar-refractivity contribution in [2.75, 3.05) is 25.5 Å². The molecular weight excluding hydrogens is 304 g/mol. The summed E-state index contributed by atoms with van der Waals surface area (Å²) in [5, 5.41) is 2.92. The number of aromatic nitrogens is 2. The average Bonchev–Trinajstić information content (AvgIpc) is 2.57. The molecule has 1 aromatic heterocycles. The van der Waals surface area contributed by atoms with Gasteiger partial charge in [0.2, 0.25) is 0 Å². The van der Waals surface area contributed by atoms with E-state index in [0.29, 0.717) is 6.54 Å². The molecule has 0 unspecified atom stereocenters. The number of carbonyl (C=O) groups is 1. The molecule has 0 radical (unpaired) electrons. The Morgan fingerprint density at radius 3 is 2.71 bits per heavy atom. The maximum absolute atomic E-state index is 12.4. The van der Waals surface area contributed by atoms with Crippen molar-refractivity contribution in [2.24, 2.45) is 0 Å². The molecule has 2 aromatic rings. The van der Waals surface area contributed by atoms with E-state index in [-0.39, 0.29) is 12.1 Å². The van der Waals surface area contributed by atoms with Gasteiger partial charge < -0.3 is 15.0 Å². The molecular formula is C18H24N4O2. The number of carbonyl (C=O) groups excluding carboxylic acids is 1. The van der Waals surface area contributed by atoms with Gasteiger partial charge in [0.1, 0.15) is 0 Å². The van der Waals surface area contributed by atoms with Crippen molar-refractivity contribution < 1.29 is 9.53 Å². The Morgan fingerprint density at radius 2 is 2.00 bits per heavy atom. The van der Waals surface area contributed by atoms with Gasteiger partial charge in [0.15, 0.2) is 0 Å². The molecule has 2 heterocycles. The summed E-state index contributed by atoms with van der Waals surface area (Å²) in [4.78, 5) is 23.1. The van der Waals surface area contributed by atoms with E-state index in [9.17, 15) is 4.79 Å². The number of aryl methyl sites for hydroxylation is 2. The molecule has 0 spiro atoms. The Kier molecular flexibility index (Phi) is 4.94. The zero-order valence-corrected chi connectivity index (χ0v) is 14.5. The van der Waals surface area contributed by atoms with E-state index in [1.54, 1.807) is 11.9 Å². The standard InChI is InChI=1S/C18H24N4O2/c1-12-13(2)20-17-10-14(7-8-16(17)19-12)21-18(23)22(3)11-15-6-4-5-9-24-15/h7-8,10,15H,4-6,9,11H2,1-3H3,(H,21,23)/t15-/m0/s1. The Labute approximate surface area is 142 Å². The number of likely N-dealkylation sites (N-methyl/N-ethyl adjacent to an activating group) is 1. The smallest absolute Gasteiger partial charge is 0.321 e. The number of amides is 2. The first-order valence-electron chi connectivity index (χ1n) is 8.41. The van der Waals surface area contributed by atoms with Gasteiger partial charge in [-0.2, -0.15) is 0 Å².